The highest BCUT2D eigenvalue weighted by atomic mass is 32.1. The molecule has 2 aromatic rings. The van der Waals surface area contributed by atoms with Gasteiger partial charge in [0.1, 0.15) is 5.01 Å². The standard InChI is InChI=1S/C12H16N4OS/c1-8-7-18-11(14-8)6-10-15-12(17-16-10)9-4-2-3-5-13-9/h7,9,13H,2-6H2,1H3. The lowest BCUT2D eigenvalue weighted by Gasteiger charge is -2.19. The van der Waals surface area contributed by atoms with Gasteiger partial charge < -0.3 is 9.84 Å². The second-order valence-corrected chi connectivity index (χ2v) is 5.55. The summed E-state index contributed by atoms with van der Waals surface area (Å²) in [5.74, 6) is 1.45. The summed E-state index contributed by atoms with van der Waals surface area (Å²) >= 11 is 1.64. The van der Waals surface area contributed by atoms with Crippen LogP contribution in [-0.2, 0) is 6.42 Å². The van der Waals surface area contributed by atoms with E-state index in [-0.39, 0.29) is 6.04 Å². The van der Waals surface area contributed by atoms with E-state index in [0.29, 0.717) is 6.42 Å². The zero-order valence-corrected chi connectivity index (χ0v) is 11.2. The van der Waals surface area contributed by atoms with Crippen LogP contribution in [0.4, 0.5) is 0 Å². The summed E-state index contributed by atoms with van der Waals surface area (Å²) in [5, 5.41) is 10.5. The van der Waals surface area contributed by atoms with Gasteiger partial charge in [0.2, 0.25) is 5.89 Å². The third-order valence-electron chi connectivity index (χ3n) is 3.07. The Hall–Kier alpha value is -1.27. The number of piperidine rings is 1. The van der Waals surface area contributed by atoms with Crippen LogP contribution in [-0.4, -0.2) is 21.7 Å². The van der Waals surface area contributed by atoms with Crippen LogP contribution >= 0.6 is 11.3 Å². The summed E-state index contributed by atoms with van der Waals surface area (Å²) < 4.78 is 5.34. The molecule has 1 unspecified atom stereocenters. The van der Waals surface area contributed by atoms with Crippen molar-refractivity contribution in [3.05, 3.63) is 27.8 Å². The van der Waals surface area contributed by atoms with Crippen LogP contribution in [0, 0.1) is 6.92 Å². The molecule has 1 fully saturated rings. The molecular formula is C12H16N4OS. The molecule has 0 saturated carbocycles. The minimum Gasteiger partial charge on any atom is -0.338 e. The Balaban J connectivity index is 1.69. The highest BCUT2D eigenvalue weighted by Gasteiger charge is 2.21. The van der Waals surface area contributed by atoms with Gasteiger partial charge in [-0.05, 0) is 26.3 Å². The molecule has 1 N–H and O–H groups in total. The molecule has 0 spiro atoms. The van der Waals surface area contributed by atoms with Gasteiger partial charge >= 0.3 is 0 Å². The molecule has 6 heteroatoms. The van der Waals surface area contributed by atoms with E-state index in [9.17, 15) is 0 Å². The Morgan fingerprint density at radius 1 is 1.44 bits per heavy atom. The maximum Gasteiger partial charge on any atom is 0.243 e. The Morgan fingerprint density at radius 3 is 3.11 bits per heavy atom. The number of thiazole rings is 1. The zero-order valence-electron chi connectivity index (χ0n) is 10.3. The van der Waals surface area contributed by atoms with Gasteiger partial charge in [-0.2, -0.15) is 4.98 Å². The van der Waals surface area contributed by atoms with Gasteiger partial charge in [0.15, 0.2) is 5.82 Å². The van der Waals surface area contributed by atoms with Gasteiger partial charge in [-0.25, -0.2) is 4.98 Å². The minimum atomic E-state index is 0.234. The van der Waals surface area contributed by atoms with Crippen LogP contribution < -0.4 is 5.32 Å². The molecule has 0 aromatic carbocycles. The summed E-state index contributed by atoms with van der Waals surface area (Å²) in [7, 11) is 0. The van der Waals surface area contributed by atoms with Crippen molar-refractivity contribution < 1.29 is 4.52 Å². The molecule has 1 atom stereocenters. The SMILES string of the molecule is Cc1csc(Cc2noc(C3CCCCN3)n2)n1. The monoisotopic (exact) mass is 264 g/mol. The third kappa shape index (κ3) is 2.59. The number of aromatic nitrogens is 3. The van der Waals surface area contributed by atoms with Crippen molar-refractivity contribution >= 4 is 11.3 Å². The fourth-order valence-electron chi connectivity index (χ4n) is 2.16. The van der Waals surface area contributed by atoms with Gasteiger partial charge in [-0.15, -0.1) is 11.3 Å². The van der Waals surface area contributed by atoms with Crippen LogP contribution in [0.15, 0.2) is 9.90 Å². The molecule has 0 amide bonds. The van der Waals surface area contributed by atoms with Gasteiger partial charge in [-0.1, -0.05) is 11.6 Å². The maximum atomic E-state index is 5.34. The lowest BCUT2D eigenvalue weighted by Crippen LogP contribution is -2.27. The van der Waals surface area contributed by atoms with Crippen molar-refractivity contribution in [2.45, 2.75) is 38.6 Å². The number of hydrogen-bond acceptors (Lipinski definition) is 6. The first kappa shape index (κ1) is 11.8. The average Bonchev–Trinajstić information content (AvgIpc) is 3.01. The zero-order chi connectivity index (χ0) is 12.4. The summed E-state index contributed by atoms with van der Waals surface area (Å²) in [6.07, 6.45) is 4.20. The largest absolute Gasteiger partial charge is 0.338 e. The van der Waals surface area contributed by atoms with Crippen LogP contribution in [0.1, 0.15) is 47.7 Å². The second-order valence-electron chi connectivity index (χ2n) is 4.61. The van der Waals surface area contributed by atoms with Crippen molar-refractivity contribution in [1.82, 2.24) is 20.4 Å². The van der Waals surface area contributed by atoms with E-state index in [1.165, 1.54) is 12.8 Å². The molecule has 0 aliphatic carbocycles. The summed E-state index contributed by atoms with van der Waals surface area (Å²) in [6.45, 7) is 3.03. The number of nitrogens with zero attached hydrogens (tertiary/aromatic N) is 3. The topological polar surface area (TPSA) is 63.8 Å². The molecular weight excluding hydrogens is 248 g/mol. The highest BCUT2D eigenvalue weighted by molar-refractivity contribution is 7.09. The van der Waals surface area contributed by atoms with Crippen molar-refractivity contribution in [2.24, 2.45) is 0 Å². The molecule has 18 heavy (non-hydrogen) atoms. The first-order valence-electron chi connectivity index (χ1n) is 6.28. The Kier molecular flexibility index (Phi) is 3.38. The van der Waals surface area contributed by atoms with Crippen LogP contribution in [0.25, 0.3) is 0 Å². The molecule has 1 aliphatic heterocycles. The van der Waals surface area contributed by atoms with E-state index in [4.69, 9.17) is 4.52 Å². The highest BCUT2D eigenvalue weighted by Crippen LogP contribution is 2.22. The number of nitrogens with one attached hydrogen (secondary N) is 1. The fourth-order valence-corrected chi connectivity index (χ4v) is 2.93. The number of rotatable bonds is 3. The molecule has 3 heterocycles. The summed E-state index contributed by atoms with van der Waals surface area (Å²) in [5.41, 5.74) is 1.05. The molecule has 5 nitrogen and oxygen atoms in total. The van der Waals surface area contributed by atoms with Crippen molar-refractivity contribution in [3.63, 3.8) is 0 Å². The van der Waals surface area contributed by atoms with E-state index in [1.807, 2.05) is 12.3 Å². The average molecular weight is 264 g/mol. The van der Waals surface area contributed by atoms with Gasteiger partial charge in [0, 0.05) is 11.1 Å². The maximum absolute atomic E-state index is 5.34. The molecule has 1 saturated heterocycles. The van der Waals surface area contributed by atoms with Gasteiger partial charge in [-0.3, -0.25) is 0 Å². The molecule has 0 radical (unpaired) electrons. The first-order valence-corrected chi connectivity index (χ1v) is 7.16. The van der Waals surface area contributed by atoms with Gasteiger partial charge in [0.25, 0.3) is 0 Å². The lowest BCUT2D eigenvalue weighted by atomic mass is 10.1. The minimum absolute atomic E-state index is 0.234. The van der Waals surface area contributed by atoms with Crippen molar-refractivity contribution in [1.29, 1.82) is 0 Å². The smallest absolute Gasteiger partial charge is 0.243 e. The van der Waals surface area contributed by atoms with Crippen molar-refractivity contribution in [2.75, 3.05) is 6.54 Å². The van der Waals surface area contributed by atoms with E-state index >= 15 is 0 Å². The fraction of sp³-hybridized carbons (Fsp3) is 0.583. The predicted molar refractivity (Wildman–Crippen MR) is 68.5 cm³/mol. The van der Waals surface area contributed by atoms with E-state index in [2.05, 4.69) is 20.4 Å². The first-order chi connectivity index (χ1) is 8.81. The van der Waals surface area contributed by atoms with Crippen LogP contribution in [0.5, 0.6) is 0 Å². The van der Waals surface area contributed by atoms with Crippen LogP contribution in [0.2, 0.25) is 0 Å². The molecule has 1 aliphatic rings. The Bertz CT molecular complexity index is 516. The Labute approximate surface area is 110 Å². The molecule has 3 rings (SSSR count). The Morgan fingerprint density at radius 2 is 2.39 bits per heavy atom. The summed E-state index contributed by atoms with van der Waals surface area (Å²) in [6, 6.07) is 0.234. The summed E-state index contributed by atoms with van der Waals surface area (Å²) in [4.78, 5) is 8.87. The quantitative estimate of drug-likeness (QED) is 0.921. The lowest BCUT2D eigenvalue weighted by molar-refractivity contribution is 0.296. The normalized spacial score (nSPS) is 20.2. The molecule has 96 valence electrons. The molecule has 0 bridgehead atoms. The van der Waals surface area contributed by atoms with E-state index in [1.54, 1.807) is 11.3 Å². The third-order valence-corrected chi connectivity index (χ3v) is 4.03. The number of aryl methyl sites for hydroxylation is 1. The van der Waals surface area contributed by atoms with Gasteiger partial charge in [0.05, 0.1) is 12.5 Å². The van der Waals surface area contributed by atoms with Crippen molar-refractivity contribution in [3.8, 4) is 0 Å². The van der Waals surface area contributed by atoms with E-state index in [0.717, 1.165) is 35.4 Å². The van der Waals surface area contributed by atoms with Crippen LogP contribution in [0.3, 0.4) is 0 Å². The predicted octanol–water partition coefficient (Wildman–Crippen LogP) is 2.24. The second kappa shape index (κ2) is 5.16. The van der Waals surface area contributed by atoms with E-state index < -0.39 is 0 Å². The number of hydrogen-bond donors (Lipinski definition) is 1. The molecule has 2 aromatic heterocycles.